The molecule has 0 radical (unpaired) electrons. The van der Waals surface area contributed by atoms with Crippen molar-refractivity contribution in [1.29, 1.82) is 0 Å². The molecule has 1 amide bonds. The number of carbonyl (C=O) groups excluding carboxylic acids is 1. The van der Waals surface area contributed by atoms with Crippen molar-refractivity contribution in [2.24, 2.45) is 0 Å². The van der Waals surface area contributed by atoms with Crippen LogP contribution in [0.2, 0.25) is 0 Å². The topological polar surface area (TPSA) is 64.7 Å². The van der Waals surface area contributed by atoms with Crippen LogP contribution in [0.15, 0.2) is 29.1 Å². The second kappa shape index (κ2) is 7.23. The number of nitrogens with one attached hydrogen (secondary N) is 1. The summed E-state index contributed by atoms with van der Waals surface area (Å²) >= 11 is 3.41. The van der Waals surface area contributed by atoms with Crippen LogP contribution >= 0.6 is 15.9 Å². The molecular formula is C13H18BrN5O. The molecule has 20 heavy (non-hydrogen) atoms. The normalized spacial score (nSPS) is 10.7. The molecule has 108 valence electrons. The van der Waals surface area contributed by atoms with Crippen LogP contribution < -0.4 is 5.32 Å². The summed E-state index contributed by atoms with van der Waals surface area (Å²) in [6.07, 6.45) is 7.21. The maximum absolute atomic E-state index is 12.1. The van der Waals surface area contributed by atoms with Gasteiger partial charge in [-0.3, -0.25) is 9.48 Å². The van der Waals surface area contributed by atoms with Gasteiger partial charge in [-0.05, 0) is 34.8 Å². The highest BCUT2D eigenvalue weighted by molar-refractivity contribution is 9.10. The van der Waals surface area contributed by atoms with E-state index in [1.165, 1.54) is 0 Å². The molecule has 0 aromatic carbocycles. The number of amides is 1. The number of hydrogen-bond donors (Lipinski definition) is 1. The average molecular weight is 340 g/mol. The summed E-state index contributed by atoms with van der Waals surface area (Å²) in [7, 11) is 0. The van der Waals surface area contributed by atoms with E-state index < -0.39 is 0 Å². The van der Waals surface area contributed by atoms with E-state index in [9.17, 15) is 4.79 Å². The second-order valence-electron chi connectivity index (χ2n) is 4.51. The van der Waals surface area contributed by atoms with Gasteiger partial charge in [0, 0.05) is 36.5 Å². The summed E-state index contributed by atoms with van der Waals surface area (Å²) in [5.74, 6) is -0.0391. The van der Waals surface area contributed by atoms with E-state index in [2.05, 4.69) is 38.5 Å². The molecule has 0 saturated carbocycles. The van der Waals surface area contributed by atoms with Gasteiger partial charge >= 0.3 is 0 Å². The molecular weight excluding hydrogens is 322 g/mol. The summed E-state index contributed by atoms with van der Waals surface area (Å²) < 4.78 is 4.65. The second-order valence-corrected chi connectivity index (χ2v) is 5.43. The zero-order valence-electron chi connectivity index (χ0n) is 11.4. The van der Waals surface area contributed by atoms with Gasteiger partial charge in [-0.2, -0.15) is 0 Å². The van der Waals surface area contributed by atoms with Crippen molar-refractivity contribution >= 4 is 21.8 Å². The van der Waals surface area contributed by atoms with Gasteiger partial charge in [0.15, 0.2) is 0 Å². The summed E-state index contributed by atoms with van der Waals surface area (Å²) in [5.41, 5.74) is 0.694. The van der Waals surface area contributed by atoms with Crippen molar-refractivity contribution in [2.45, 2.75) is 32.9 Å². The summed E-state index contributed by atoms with van der Waals surface area (Å²) in [5, 5.41) is 10.5. The van der Waals surface area contributed by atoms with Crippen LogP contribution in [0, 0.1) is 0 Å². The van der Waals surface area contributed by atoms with Crippen LogP contribution in [-0.4, -0.2) is 32.0 Å². The number of nitrogens with zero attached hydrogens (tertiary/aromatic N) is 4. The number of hydrogen-bond acceptors (Lipinski definition) is 3. The van der Waals surface area contributed by atoms with Gasteiger partial charge in [-0.1, -0.05) is 12.1 Å². The largest absolute Gasteiger partial charge is 0.351 e. The third-order valence-electron chi connectivity index (χ3n) is 2.88. The minimum Gasteiger partial charge on any atom is -0.351 e. The van der Waals surface area contributed by atoms with Crippen LogP contribution in [0.3, 0.4) is 0 Å². The van der Waals surface area contributed by atoms with E-state index in [1.54, 1.807) is 10.9 Å². The first-order valence-corrected chi connectivity index (χ1v) is 7.48. The average Bonchev–Trinajstić information content (AvgIpc) is 3.05. The van der Waals surface area contributed by atoms with Crippen LogP contribution in [0.5, 0.6) is 0 Å². The predicted molar refractivity (Wildman–Crippen MR) is 79.4 cm³/mol. The molecule has 0 unspecified atom stereocenters. The van der Waals surface area contributed by atoms with Crippen molar-refractivity contribution < 1.29 is 4.79 Å². The Morgan fingerprint density at radius 3 is 3.00 bits per heavy atom. The molecule has 2 aromatic rings. The lowest BCUT2D eigenvalue weighted by molar-refractivity contribution is 0.0943. The standard InChI is InChI=1S/C13H18BrN5O/c1-2-6-18-10-11(14)9-12(18)13(20)15-4-3-7-19-8-5-16-17-19/h5,8-10H,2-4,6-7H2,1H3,(H,15,20). The molecule has 7 heteroatoms. The van der Waals surface area contributed by atoms with E-state index >= 15 is 0 Å². The SMILES string of the molecule is CCCn1cc(Br)cc1C(=O)NCCCn1ccnn1. The van der Waals surface area contributed by atoms with Crippen molar-refractivity contribution in [2.75, 3.05) is 6.54 Å². The fraction of sp³-hybridized carbons (Fsp3) is 0.462. The summed E-state index contributed by atoms with van der Waals surface area (Å²) in [6, 6.07) is 1.85. The van der Waals surface area contributed by atoms with Gasteiger partial charge in [0.1, 0.15) is 5.69 Å². The minimum absolute atomic E-state index is 0.0391. The Kier molecular flexibility index (Phi) is 5.34. The molecule has 2 heterocycles. The zero-order valence-corrected chi connectivity index (χ0v) is 13.0. The molecule has 1 N–H and O–H groups in total. The number of aryl methyl sites for hydroxylation is 2. The summed E-state index contributed by atoms with van der Waals surface area (Å²) in [6.45, 7) is 4.30. The van der Waals surface area contributed by atoms with E-state index in [0.29, 0.717) is 12.2 Å². The third-order valence-corrected chi connectivity index (χ3v) is 3.32. The van der Waals surface area contributed by atoms with Gasteiger partial charge in [0.25, 0.3) is 5.91 Å². The third kappa shape index (κ3) is 3.93. The molecule has 0 spiro atoms. The Labute approximate surface area is 126 Å². The van der Waals surface area contributed by atoms with Gasteiger partial charge in [0.2, 0.25) is 0 Å². The molecule has 6 nitrogen and oxygen atoms in total. The van der Waals surface area contributed by atoms with Gasteiger partial charge < -0.3 is 9.88 Å². The van der Waals surface area contributed by atoms with Crippen molar-refractivity contribution in [3.05, 3.63) is 34.8 Å². The quantitative estimate of drug-likeness (QED) is 0.785. The molecule has 2 rings (SSSR count). The number of rotatable bonds is 7. The van der Waals surface area contributed by atoms with E-state index in [-0.39, 0.29) is 5.91 Å². The van der Waals surface area contributed by atoms with Crippen LogP contribution in [0.25, 0.3) is 0 Å². The van der Waals surface area contributed by atoms with Gasteiger partial charge in [0.05, 0.1) is 6.20 Å². The Balaban J connectivity index is 1.82. The fourth-order valence-electron chi connectivity index (χ4n) is 1.98. The monoisotopic (exact) mass is 339 g/mol. The van der Waals surface area contributed by atoms with Crippen LogP contribution in [0.1, 0.15) is 30.3 Å². The number of halogens is 1. The maximum Gasteiger partial charge on any atom is 0.267 e. The highest BCUT2D eigenvalue weighted by Crippen LogP contribution is 2.15. The molecule has 0 aliphatic rings. The van der Waals surface area contributed by atoms with E-state index in [0.717, 1.165) is 30.4 Å². The first-order valence-electron chi connectivity index (χ1n) is 6.68. The number of carbonyl (C=O) groups is 1. The van der Waals surface area contributed by atoms with Gasteiger partial charge in [-0.15, -0.1) is 5.10 Å². The van der Waals surface area contributed by atoms with E-state index in [4.69, 9.17) is 0 Å². The molecule has 0 fully saturated rings. The Morgan fingerprint density at radius 2 is 2.30 bits per heavy atom. The first kappa shape index (κ1) is 14.8. The van der Waals surface area contributed by atoms with Crippen molar-refractivity contribution in [1.82, 2.24) is 24.9 Å². The lowest BCUT2D eigenvalue weighted by atomic mass is 10.3. The zero-order chi connectivity index (χ0) is 14.4. The van der Waals surface area contributed by atoms with Crippen molar-refractivity contribution in [3.63, 3.8) is 0 Å². The lowest BCUT2D eigenvalue weighted by Gasteiger charge is -2.08. The molecule has 2 aromatic heterocycles. The maximum atomic E-state index is 12.1. The van der Waals surface area contributed by atoms with E-state index in [1.807, 2.05) is 23.0 Å². The molecule has 0 aliphatic carbocycles. The molecule has 0 saturated heterocycles. The Bertz CT molecular complexity index is 549. The molecule has 0 bridgehead atoms. The highest BCUT2D eigenvalue weighted by Gasteiger charge is 2.11. The minimum atomic E-state index is -0.0391. The smallest absolute Gasteiger partial charge is 0.267 e. The van der Waals surface area contributed by atoms with Crippen LogP contribution in [-0.2, 0) is 13.1 Å². The Hall–Kier alpha value is -1.63. The summed E-state index contributed by atoms with van der Waals surface area (Å²) in [4.78, 5) is 12.1. The fourth-order valence-corrected chi connectivity index (χ4v) is 2.44. The lowest BCUT2D eigenvalue weighted by Crippen LogP contribution is -2.27. The number of aromatic nitrogens is 4. The highest BCUT2D eigenvalue weighted by atomic mass is 79.9. The first-order chi connectivity index (χ1) is 9.70. The predicted octanol–water partition coefficient (Wildman–Crippen LogP) is 2.07. The molecule has 0 atom stereocenters. The van der Waals surface area contributed by atoms with Gasteiger partial charge in [-0.25, -0.2) is 0 Å². The Morgan fingerprint density at radius 1 is 1.45 bits per heavy atom. The molecule has 0 aliphatic heterocycles. The van der Waals surface area contributed by atoms with Crippen LogP contribution in [0.4, 0.5) is 0 Å². The van der Waals surface area contributed by atoms with Crippen molar-refractivity contribution in [3.8, 4) is 0 Å².